The summed E-state index contributed by atoms with van der Waals surface area (Å²) in [5, 5.41) is 3.69. The molecule has 0 amide bonds. The minimum Gasteiger partial charge on any atom is -0.337 e. The van der Waals surface area contributed by atoms with Crippen molar-refractivity contribution in [3.8, 4) is 0 Å². The van der Waals surface area contributed by atoms with Gasteiger partial charge in [0.2, 0.25) is 5.88 Å². The molecule has 0 aliphatic heterocycles. The molecule has 0 spiro atoms. The summed E-state index contributed by atoms with van der Waals surface area (Å²) < 4.78 is 31.2. The zero-order valence-corrected chi connectivity index (χ0v) is 10.2. The van der Waals surface area contributed by atoms with Gasteiger partial charge in [-0.2, -0.15) is 0 Å². The summed E-state index contributed by atoms with van der Waals surface area (Å²) in [5.41, 5.74) is 1.33. The van der Waals surface area contributed by atoms with Crippen LogP contribution in [0.5, 0.6) is 0 Å². The number of hydrogen-bond acceptors (Lipinski definition) is 4. The van der Waals surface area contributed by atoms with Crippen LogP contribution < -0.4 is 4.72 Å². The molecule has 0 fully saturated rings. The first-order chi connectivity index (χ1) is 8.00. The molecule has 0 saturated heterocycles. The van der Waals surface area contributed by atoms with Crippen LogP contribution in [-0.4, -0.2) is 13.6 Å². The van der Waals surface area contributed by atoms with E-state index in [1.165, 1.54) is 24.3 Å². The van der Waals surface area contributed by atoms with E-state index in [4.69, 9.17) is 4.52 Å². The van der Waals surface area contributed by atoms with Gasteiger partial charge in [-0.25, -0.2) is 13.1 Å². The van der Waals surface area contributed by atoms with Gasteiger partial charge in [-0.1, -0.05) is 17.3 Å². The fourth-order valence-electron chi connectivity index (χ4n) is 1.24. The SMILES string of the molecule is Cc1noc(NS(=O)(=O)c2cc[c]cc2)c1C. The van der Waals surface area contributed by atoms with E-state index in [0.717, 1.165) is 0 Å². The summed E-state index contributed by atoms with van der Waals surface area (Å²) in [7, 11) is -3.63. The van der Waals surface area contributed by atoms with Gasteiger partial charge in [0.05, 0.1) is 10.6 Å². The number of aromatic nitrogens is 1. The van der Waals surface area contributed by atoms with Crippen molar-refractivity contribution >= 4 is 15.9 Å². The van der Waals surface area contributed by atoms with Crippen molar-refractivity contribution in [2.45, 2.75) is 18.7 Å². The largest absolute Gasteiger partial charge is 0.337 e. The van der Waals surface area contributed by atoms with E-state index in [0.29, 0.717) is 11.3 Å². The highest BCUT2D eigenvalue weighted by Crippen LogP contribution is 2.21. The van der Waals surface area contributed by atoms with Crippen molar-refractivity contribution in [1.82, 2.24) is 5.16 Å². The first kappa shape index (κ1) is 11.7. The molecule has 1 heterocycles. The molecule has 0 aliphatic rings. The highest BCUT2D eigenvalue weighted by Gasteiger charge is 2.18. The topological polar surface area (TPSA) is 72.2 Å². The maximum atomic E-state index is 12.0. The summed E-state index contributed by atoms with van der Waals surface area (Å²) in [6, 6.07) is 8.74. The lowest BCUT2D eigenvalue weighted by molar-refractivity contribution is 0.430. The molecule has 1 radical (unpaired) electrons. The number of nitrogens with one attached hydrogen (secondary N) is 1. The molecule has 0 saturated carbocycles. The van der Waals surface area contributed by atoms with E-state index in [1.54, 1.807) is 13.8 Å². The quantitative estimate of drug-likeness (QED) is 0.904. The van der Waals surface area contributed by atoms with Gasteiger partial charge in [-0.15, -0.1) is 0 Å². The Kier molecular flexibility index (Phi) is 2.89. The third-order valence-corrected chi connectivity index (χ3v) is 3.73. The Morgan fingerprint density at radius 2 is 1.94 bits per heavy atom. The van der Waals surface area contributed by atoms with Gasteiger partial charge in [0.1, 0.15) is 0 Å². The predicted octanol–water partition coefficient (Wildman–Crippen LogP) is 1.89. The van der Waals surface area contributed by atoms with Crippen LogP contribution >= 0.6 is 0 Å². The fourth-order valence-corrected chi connectivity index (χ4v) is 2.29. The lowest BCUT2D eigenvalue weighted by atomic mass is 10.3. The lowest BCUT2D eigenvalue weighted by Crippen LogP contribution is -2.12. The molecule has 2 aromatic rings. The number of sulfonamides is 1. The van der Waals surface area contributed by atoms with Crippen molar-refractivity contribution in [2.75, 3.05) is 4.72 Å². The average Bonchev–Trinajstić information content (AvgIpc) is 2.62. The number of anilines is 1. The Balaban J connectivity index is 2.34. The summed E-state index contributed by atoms with van der Waals surface area (Å²) in [6.07, 6.45) is 0. The number of benzene rings is 1. The number of rotatable bonds is 3. The molecule has 0 aliphatic carbocycles. The van der Waals surface area contributed by atoms with Crippen molar-refractivity contribution in [2.24, 2.45) is 0 Å². The third kappa shape index (κ3) is 2.31. The molecule has 1 N–H and O–H groups in total. The minimum absolute atomic E-state index is 0.148. The molecule has 1 aromatic carbocycles. The zero-order valence-electron chi connectivity index (χ0n) is 9.39. The summed E-state index contributed by atoms with van der Waals surface area (Å²) in [6.45, 7) is 3.48. The van der Waals surface area contributed by atoms with Gasteiger partial charge >= 0.3 is 0 Å². The van der Waals surface area contributed by atoms with Crippen LogP contribution in [0.15, 0.2) is 33.7 Å². The maximum Gasteiger partial charge on any atom is 0.264 e. The first-order valence-electron chi connectivity index (χ1n) is 4.92. The van der Waals surface area contributed by atoms with Crippen LogP contribution in [-0.2, 0) is 10.0 Å². The molecule has 2 rings (SSSR count). The van der Waals surface area contributed by atoms with Crippen molar-refractivity contribution < 1.29 is 12.9 Å². The first-order valence-corrected chi connectivity index (χ1v) is 6.41. The van der Waals surface area contributed by atoms with Crippen LogP contribution in [0.4, 0.5) is 5.88 Å². The second-order valence-corrected chi connectivity index (χ2v) is 5.25. The Hall–Kier alpha value is -1.82. The third-order valence-electron chi connectivity index (χ3n) is 2.38. The Bertz CT molecular complexity index is 617. The van der Waals surface area contributed by atoms with E-state index in [2.05, 4.69) is 15.9 Å². The van der Waals surface area contributed by atoms with Crippen LogP contribution in [0, 0.1) is 19.9 Å². The normalized spacial score (nSPS) is 11.4. The Morgan fingerprint density at radius 3 is 2.47 bits per heavy atom. The number of aryl methyl sites for hydroxylation is 1. The van der Waals surface area contributed by atoms with Crippen molar-refractivity contribution in [3.63, 3.8) is 0 Å². The number of nitrogens with zero attached hydrogens (tertiary/aromatic N) is 1. The second kappa shape index (κ2) is 4.21. The van der Waals surface area contributed by atoms with Gasteiger partial charge in [-0.05, 0) is 32.0 Å². The molecule has 6 heteroatoms. The summed E-state index contributed by atoms with van der Waals surface area (Å²) in [5.74, 6) is 0.148. The Morgan fingerprint density at radius 1 is 1.29 bits per heavy atom. The smallest absolute Gasteiger partial charge is 0.264 e. The predicted molar refractivity (Wildman–Crippen MR) is 62.1 cm³/mol. The van der Waals surface area contributed by atoms with Gasteiger partial charge in [0.15, 0.2) is 0 Å². The van der Waals surface area contributed by atoms with Gasteiger partial charge < -0.3 is 4.52 Å². The summed E-state index contributed by atoms with van der Waals surface area (Å²) in [4.78, 5) is 0.157. The molecule has 89 valence electrons. The van der Waals surface area contributed by atoms with E-state index in [9.17, 15) is 8.42 Å². The molecule has 0 unspecified atom stereocenters. The molecular formula is C11H11N2O3S. The summed E-state index contributed by atoms with van der Waals surface area (Å²) >= 11 is 0. The monoisotopic (exact) mass is 251 g/mol. The molecule has 1 aromatic heterocycles. The van der Waals surface area contributed by atoms with Crippen LogP contribution in [0.25, 0.3) is 0 Å². The van der Waals surface area contributed by atoms with E-state index >= 15 is 0 Å². The average molecular weight is 251 g/mol. The highest BCUT2D eigenvalue weighted by atomic mass is 32.2. The fraction of sp³-hybridized carbons (Fsp3) is 0.182. The Labute approximate surface area is 99.5 Å². The van der Waals surface area contributed by atoms with Gasteiger partial charge in [0, 0.05) is 5.56 Å². The minimum atomic E-state index is -3.63. The van der Waals surface area contributed by atoms with E-state index in [-0.39, 0.29) is 10.8 Å². The van der Waals surface area contributed by atoms with E-state index in [1.807, 2.05) is 0 Å². The molecular weight excluding hydrogens is 240 g/mol. The lowest BCUT2D eigenvalue weighted by Gasteiger charge is -2.04. The maximum absolute atomic E-state index is 12.0. The molecule has 17 heavy (non-hydrogen) atoms. The highest BCUT2D eigenvalue weighted by molar-refractivity contribution is 7.92. The standard InChI is InChI=1S/C11H11N2O3S/c1-8-9(2)12-16-11(8)13-17(14,15)10-6-4-3-5-7-10/h4-7,13H,1-2H3. The van der Waals surface area contributed by atoms with Crippen LogP contribution in [0.3, 0.4) is 0 Å². The zero-order chi connectivity index (χ0) is 12.5. The van der Waals surface area contributed by atoms with Crippen LogP contribution in [0.1, 0.15) is 11.3 Å². The van der Waals surface area contributed by atoms with Gasteiger partial charge in [-0.3, -0.25) is 0 Å². The van der Waals surface area contributed by atoms with Crippen molar-refractivity contribution in [3.05, 3.63) is 41.6 Å². The molecule has 0 bridgehead atoms. The van der Waals surface area contributed by atoms with Crippen molar-refractivity contribution in [1.29, 1.82) is 0 Å². The molecule has 5 nitrogen and oxygen atoms in total. The molecule has 0 atom stereocenters. The van der Waals surface area contributed by atoms with Gasteiger partial charge in [0.25, 0.3) is 10.0 Å². The number of hydrogen-bond donors (Lipinski definition) is 1. The second-order valence-electron chi connectivity index (χ2n) is 3.56. The van der Waals surface area contributed by atoms with Crippen LogP contribution in [0.2, 0.25) is 0 Å². The van der Waals surface area contributed by atoms with E-state index < -0.39 is 10.0 Å².